The number of hydrogen-bond donors (Lipinski definition) is 2. The molecule has 0 bridgehead atoms. The van der Waals surface area contributed by atoms with Crippen molar-refractivity contribution in [2.45, 2.75) is 84.6 Å². The molecule has 19 heavy (non-hydrogen) atoms. The Morgan fingerprint density at radius 1 is 0.947 bits per heavy atom. The highest BCUT2D eigenvalue weighted by Gasteiger charge is 2.04. The summed E-state index contributed by atoms with van der Waals surface area (Å²) >= 11 is 0. The molecule has 0 rings (SSSR count). The maximum absolute atomic E-state index is 11.5. The van der Waals surface area contributed by atoms with Gasteiger partial charge in [0.2, 0.25) is 5.91 Å². The van der Waals surface area contributed by atoms with Crippen molar-refractivity contribution in [1.82, 2.24) is 10.6 Å². The van der Waals surface area contributed by atoms with E-state index >= 15 is 0 Å². The van der Waals surface area contributed by atoms with Gasteiger partial charge >= 0.3 is 0 Å². The standard InChI is InChI=1S/C16H34N2O/c1-4-6-7-8-9-10-11-13-17-14-12-16(19)18-15(3)5-2/h15,17H,4-14H2,1-3H3,(H,18,19). The third-order valence-electron chi connectivity index (χ3n) is 3.51. The lowest BCUT2D eigenvalue weighted by molar-refractivity contribution is -0.121. The van der Waals surface area contributed by atoms with Crippen molar-refractivity contribution in [3.63, 3.8) is 0 Å². The van der Waals surface area contributed by atoms with E-state index in [1.807, 2.05) is 6.92 Å². The number of nitrogens with one attached hydrogen (secondary N) is 2. The molecule has 1 unspecified atom stereocenters. The first-order valence-electron chi connectivity index (χ1n) is 8.20. The average molecular weight is 270 g/mol. The molecule has 0 aliphatic rings. The summed E-state index contributed by atoms with van der Waals surface area (Å²) in [6.07, 6.45) is 11.0. The van der Waals surface area contributed by atoms with E-state index in [4.69, 9.17) is 0 Å². The minimum atomic E-state index is 0.168. The zero-order valence-corrected chi connectivity index (χ0v) is 13.3. The number of carbonyl (C=O) groups excluding carboxylic acids is 1. The molecule has 0 aliphatic carbocycles. The highest BCUT2D eigenvalue weighted by molar-refractivity contribution is 5.76. The largest absolute Gasteiger partial charge is 0.354 e. The normalized spacial score (nSPS) is 12.4. The van der Waals surface area contributed by atoms with Gasteiger partial charge in [0.15, 0.2) is 0 Å². The number of amides is 1. The van der Waals surface area contributed by atoms with Gasteiger partial charge in [-0.05, 0) is 26.3 Å². The summed E-state index contributed by atoms with van der Waals surface area (Å²) in [5.41, 5.74) is 0. The van der Waals surface area contributed by atoms with Gasteiger partial charge in [-0.25, -0.2) is 0 Å². The maximum atomic E-state index is 11.5. The molecule has 0 radical (unpaired) electrons. The van der Waals surface area contributed by atoms with Crippen LogP contribution in [0.1, 0.15) is 78.6 Å². The van der Waals surface area contributed by atoms with Crippen molar-refractivity contribution >= 4 is 5.91 Å². The molecule has 3 heteroatoms. The fraction of sp³-hybridized carbons (Fsp3) is 0.938. The Hall–Kier alpha value is -0.570. The molecule has 2 N–H and O–H groups in total. The minimum Gasteiger partial charge on any atom is -0.354 e. The zero-order chi connectivity index (χ0) is 14.3. The van der Waals surface area contributed by atoms with Crippen molar-refractivity contribution in [3.8, 4) is 0 Å². The van der Waals surface area contributed by atoms with Crippen molar-refractivity contribution in [2.75, 3.05) is 13.1 Å². The molecule has 0 saturated carbocycles. The summed E-state index contributed by atoms with van der Waals surface area (Å²) in [6.45, 7) is 8.23. The first-order chi connectivity index (χ1) is 9.20. The number of hydrogen-bond acceptors (Lipinski definition) is 2. The van der Waals surface area contributed by atoms with E-state index in [9.17, 15) is 4.79 Å². The SMILES string of the molecule is CCCCCCCCCNCCC(=O)NC(C)CC. The summed E-state index contributed by atoms with van der Waals surface area (Å²) in [5, 5.41) is 6.33. The van der Waals surface area contributed by atoms with E-state index in [1.54, 1.807) is 0 Å². The number of unbranched alkanes of at least 4 members (excludes halogenated alkanes) is 6. The van der Waals surface area contributed by atoms with Crippen LogP contribution < -0.4 is 10.6 Å². The topological polar surface area (TPSA) is 41.1 Å². The summed E-state index contributed by atoms with van der Waals surface area (Å²) in [6, 6.07) is 0.302. The predicted octanol–water partition coefficient (Wildman–Crippen LogP) is 3.63. The van der Waals surface area contributed by atoms with Crippen molar-refractivity contribution < 1.29 is 4.79 Å². The van der Waals surface area contributed by atoms with Gasteiger partial charge in [0.05, 0.1) is 0 Å². The molecule has 0 aliphatic heterocycles. The van der Waals surface area contributed by atoms with E-state index in [1.165, 1.54) is 44.9 Å². The molecule has 0 spiro atoms. The fourth-order valence-electron chi connectivity index (χ4n) is 1.98. The maximum Gasteiger partial charge on any atom is 0.221 e. The first kappa shape index (κ1) is 18.4. The van der Waals surface area contributed by atoms with E-state index in [0.717, 1.165) is 19.5 Å². The van der Waals surface area contributed by atoms with Crippen molar-refractivity contribution in [1.29, 1.82) is 0 Å². The van der Waals surface area contributed by atoms with E-state index in [2.05, 4.69) is 24.5 Å². The van der Waals surface area contributed by atoms with Crippen molar-refractivity contribution in [3.05, 3.63) is 0 Å². The Morgan fingerprint density at radius 2 is 1.58 bits per heavy atom. The minimum absolute atomic E-state index is 0.168. The van der Waals surface area contributed by atoms with E-state index < -0.39 is 0 Å². The lowest BCUT2D eigenvalue weighted by Gasteiger charge is -2.11. The van der Waals surface area contributed by atoms with Crippen LogP contribution in [-0.2, 0) is 4.79 Å². The van der Waals surface area contributed by atoms with E-state index in [-0.39, 0.29) is 5.91 Å². The van der Waals surface area contributed by atoms with Crippen LogP contribution in [-0.4, -0.2) is 25.0 Å². The molecule has 0 aromatic heterocycles. The summed E-state index contributed by atoms with van der Waals surface area (Å²) < 4.78 is 0. The van der Waals surface area contributed by atoms with Gasteiger partial charge in [-0.15, -0.1) is 0 Å². The van der Waals surface area contributed by atoms with Crippen LogP contribution in [0.2, 0.25) is 0 Å². The Balaban J connectivity index is 3.16. The molecule has 0 fully saturated rings. The molecule has 0 heterocycles. The summed E-state index contributed by atoms with van der Waals surface area (Å²) in [5.74, 6) is 0.168. The van der Waals surface area contributed by atoms with Gasteiger partial charge in [0.25, 0.3) is 0 Å². The lowest BCUT2D eigenvalue weighted by Crippen LogP contribution is -2.34. The van der Waals surface area contributed by atoms with E-state index in [0.29, 0.717) is 12.5 Å². The first-order valence-corrected chi connectivity index (χ1v) is 8.20. The van der Waals surface area contributed by atoms with Crippen LogP contribution in [0.15, 0.2) is 0 Å². The molecule has 0 saturated heterocycles. The lowest BCUT2D eigenvalue weighted by atomic mass is 10.1. The Kier molecular flexibility index (Phi) is 13.4. The second kappa shape index (κ2) is 13.9. The average Bonchev–Trinajstić information content (AvgIpc) is 2.40. The van der Waals surface area contributed by atoms with Crippen LogP contribution in [0.3, 0.4) is 0 Å². The zero-order valence-electron chi connectivity index (χ0n) is 13.3. The smallest absolute Gasteiger partial charge is 0.221 e. The Labute approximate surface area is 119 Å². The molecular weight excluding hydrogens is 236 g/mol. The van der Waals surface area contributed by atoms with Gasteiger partial charge in [-0.2, -0.15) is 0 Å². The highest BCUT2D eigenvalue weighted by Crippen LogP contribution is 2.06. The fourth-order valence-corrected chi connectivity index (χ4v) is 1.98. The van der Waals surface area contributed by atoms with Crippen LogP contribution >= 0.6 is 0 Å². The van der Waals surface area contributed by atoms with Gasteiger partial charge in [-0.1, -0.05) is 52.4 Å². The molecular formula is C16H34N2O. The Bertz CT molecular complexity index is 207. The van der Waals surface area contributed by atoms with Crippen LogP contribution in [0.4, 0.5) is 0 Å². The van der Waals surface area contributed by atoms with Crippen molar-refractivity contribution in [2.24, 2.45) is 0 Å². The van der Waals surface area contributed by atoms with Gasteiger partial charge in [0.1, 0.15) is 0 Å². The summed E-state index contributed by atoms with van der Waals surface area (Å²) in [7, 11) is 0. The molecule has 0 aromatic rings. The predicted molar refractivity (Wildman–Crippen MR) is 83.4 cm³/mol. The van der Waals surface area contributed by atoms with Crippen LogP contribution in [0.25, 0.3) is 0 Å². The second-order valence-corrected chi connectivity index (χ2v) is 5.50. The third-order valence-corrected chi connectivity index (χ3v) is 3.51. The number of rotatable bonds is 13. The van der Waals surface area contributed by atoms with Crippen LogP contribution in [0.5, 0.6) is 0 Å². The molecule has 1 atom stereocenters. The van der Waals surface area contributed by atoms with Crippen LogP contribution in [0, 0.1) is 0 Å². The Morgan fingerprint density at radius 3 is 2.21 bits per heavy atom. The van der Waals surface area contributed by atoms with Gasteiger partial charge in [-0.3, -0.25) is 4.79 Å². The molecule has 0 aromatic carbocycles. The molecule has 1 amide bonds. The molecule has 3 nitrogen and oxygen atoms in total. The highest BCUT2D eigenvalue weighted by atomic mass is 16.1. The third kappa shape index (κ3) is 13.7. The van der Waals surface area contributed by atoms with Gasteiger partial charge < -0.3 is 10.6 Å². The molecule has 114 valence electrons. The number of carbonyl (C=O) groups is 1. The quantitative estimate of drug-likeness (QED) is 0.502. The second-order valence-electron chi connectivity index (χ2n) is 5.50. The monoisotopic (exact) mass is 270 g/mol. The summed E-state index contributed by atoms with van der Waals surface area (Å²) in [4.78, 5) is 11.5. The van der Waals surface area contributed by atoms with Gasteiger partial charge in [0, 0.05) is 19.0 Å².